The Bertz CT molecular complexity index is 556. The van der Waals surface area contributed by atoms with Gasteiger partial charge >= 0.3 is 0 Å². The molecule has 0 saturated heterocycles. The highest BCUT2D eigenvalue weighted by molar-refractivity contribution is 9.10. The van der Waals surface area contributed by atoms with Gasteiger partial charge in [0.15, 0.2) is 0 Å². The molecule has 21 heavy (non-hydrogen) atoms. The molecule has 0 aliphatic rings. The third-order valence-electron chi connectivity index (χ3n) is 3.53. The minimum absolute atomic E-state index is 0.403. The lowest BCUT2D eigenvalue weighted by atomic mass is 9.98. The quantitative estimate of drug-likeness (QED) is 0.809. The van der Waals surface area contributed by atoms with Gasteiger partial charge in [-0.25, -0.2) is 0 Å². The van der Waals surface area contributed by atoms with Gasteiger partial charge in [-0.1, -0.05) is 53.2 Å². The van der Waals surface area contributed by atoms with Crippen molar-refractivity contribution in [2.45, 2.75) is 25.8 Å². The summed E-state index contributed by atoms with van der Waals surface area (Å²) in [5, 5.41) is 3.58. The molecule has 1 N–H and O–H groups in total. The molecule has 0 fully saturated rings. The van der Waals surface area contributed by atoms with E-state index in [9.17, 15) is 0 Å². The van der Waals surface area contributed by atoms with Crippen LogP contribution in [-0.2, 0) is 12.8 Å². The molecule has 0 aromatic heterocycles. The van der Waals surface area contributed by atoms with Crippen LogP contribution in [0.25, 0.3) is 0 Å². The van der Waals surface area contributed by atoms with E-state index in [1.165, 1.54) is 11.1 Å². The largest absolute Gasteiger partial charge is 0.496 e. The summed E-state index contributed by atoms with van der Waals surface area (Å²) in [6, 6.07) is 17.2. The van der Waals surface area contributed by atoms with Crippen LogP contribution in [0.3, 0.4) is 0 Å². The third-order valence-corrected chi connectivity index (χ3v) is 4.02. The Morgan fingerprint density at radius 1 is 1.10 bits per heavy atom. The van der Waals surface area contributed by atoms with Crippen molar-refractivity contribution < 1.29 is 4.74 Å². The first-order valence-electron chi connectivity index (χ1n) is 7.32. The molecule has 0 aliphatic carbocycles. The van der Waals surface area contributed by atoms with Crippen LogP contribution in [0.4, 0.5) is 0 Å². The highest BCUT2D eigenvalue weighted by Crippen LogP contribution is 2.24. The number of rotatable bonds is 7. The second kappa shape index (κ2) is 8.20. The Kier molecular flexibility index (Phi) is 6.27. The molecule has 0 spiro atoms. The topological polar surface area (TPSA) is 21.3 Å². The van der Waals surface area contributed by atoms with Crippen molar-refractivity contribution in [2.24, 2.45) is 0 Å². The first-order valence-corrected chi connectivity index (χ1v) is 8.12. The zero-order valence-electron chi connectivity index (χ0n) is 12.6. The van der Waals surface area contributed by atoms with Crippen molar-refractivity contribution in [3.63, 3.8) is 0 Å². The maximum absolute atomic E-state index is 5.48. The molecule has 1 unspecified atom stereocenters. The van der Waals surface area contributed by atoms with Gasteiger partial charge in [0.1, 0.15) is 5.75 Å². The lowest BCUT2D eigenvalue weighted by molar-refractivity contribution is 0.404. The van der Waals surface area contributed by atoms with E-state index in [1.54, 1.807) is 7.11 Å². The Morgan fingerprint density at radius 3 is 2.52 bits per heavy atom. The normalized spacial score (nSPS) is 12.1. The van der Waals surface area contributed by atoms with Gasteiger partial charge in [0.05, 0.1) is 7.11 Å². The summed E-state index contributed by atoms with van der Waals surface area (Å²) >= 11 is 3.55. The molecule has 2 aromatic carbocycles. The van der Waals surface area contributed by atoms with Crippen LogP contribution >= 0.6 is 15.9 Å². The zero-order valence-corrected chi connectivity index (χ0v) is 14.2. The van der Waals surface area contributed by atoms with Crippen molar-refractivity contribution in [2.75, 3.05) is 13.7 Å². The molecule has 0 radical (unpaired) electrons. The lowest BCUT2D eigenvalue weighted by Crippen LogP contribution is -2.33. The van der Waals surface area contributed by atoms with Gasteiger partial charge < -0.3 is 10.1 Å². The van der Waals surface area contributed by atoms with E-state index < -0.39 is 0 Å². The fraction of sp³-hybridized carbons (Fsp3) is 0.333. The summed E-state index contributed by atoms with van der Waals surface area (Å²) in [6.07, 6.45) is 1.97. The number of nitrogens with one attached hydrogen (secondary N) is 1. The highest BCUT2D eigenvalue weighted by atomic mass is 79.9. The third kappa shape index (κ3) is 4.87. The van der Waals surface area contributed by atoms with Crippen molar-refractivity contribution in [3.05, 3.63) is 64.1 Å². The van der Waals surface area contributed by atoms with Crippen LogP contribution in [0.2, 0.25) is 0 Å². The first-order chi connectivity index (χ1) is 10.2. The lowest BCUT2D eigenvalue weighted by Gasteiger charge is -2.20. The van der Waals surface area contributed by atoms with Gasteiger partial charge in [-0.2, -0.15) is 0 Å². The van der Waals surface area contributed by atoms with E-state index >= 15 is 0 Å². The van der Waals surface area contributed by atoms with Crippen molar-refractivity contribution in [1.29, 1.82) is 0 Å². The molecule has 112 valence electrons. The predicted octanol–water partition coefficient (Wildman–Crippen LogP) is 4.22. The smallest absolute Gasteiger partial charge is 0.122 e. The summed E-state index contributed by atoms with van der Waals surface area (Å²) in [6.45, 7) is 3.12. The average Bonchev–Trinajstić information content (AvgIpc) is 2.49. The average molecular weight is 348 g/mol. The minimum Gasteiger partial charge on any atom is -0.496 e. The van der Waals surface area contributed by atoms with E-state index in [1.807, 2.05) is 12.1 Å². The Hall–Kier alpha value is -1.32. The molecule has 1 atom stereocenters. The maximum atomic E-state index is 5.48. The summed E-state index contributed by atoms with van der Waals surface area (Å²) in [5.74, 6) is 0.953. The Labute approximate surface area is 135 Å². The van der Waals surface area contributed by atoms with Crippen LogP contribution in [0, 0.1) is 0 Å². The van der Waals surface area contributed by atoms with Crippen molar-refractivity contribution >= 4 is 15.9 Å². The number of methoxy groups -OCH3 is 1. The number of hydrogen-bond acceptors (Lipinski definition) is 2. The molecule has 2 aromatic rings. The fourth-order valence-electron chi connectivity index (χ4n) is 2.58. The van der Waals surface area contributed by atoms with E-state index in [0.29, 0.717) is 6.04 Å². The minimum atomic E-state index is 0.403. The number of hydrogen-bond donors (Lipinski definition) is 1. The van der Waals surface area contributed by atoms with E-state index in [-0.39, 0.29) is 0 Å². The molecule has 0 bridgehead atoms. The second-order valence-electron chi connectivity index (χ2n) is 5.10. The van der Waals surface area contributed by atoms with Crippen LogP contribution < -0.4 is 10.1 Å². The van der Waals surface area contributed by atoms with Gasteiger partial charge in [0, 0.05) is 10.5 Å². The fourth-order valence-corrected chi connectivity index (χ4v) is 2.98. The van der Waals surface area contributed by atoms with Crippen molar-refractivity contribution in [3.8, 4) is 5.75 Å². The summed E-state index contributed by atoms with van der Waals surface area (Å²) < 4.78 is 6.57. The van der Waals surface area contributed by atoms with Crippen LogP contribution in [0.1, 0.15) is 18.1 Å². The molecular formula is C18H22BrNO. The van der Waals surface area contributed by atoms with Gasteiger partial charge in [-0.15, -0.1) is 0 Å². The molecule has 0 heterocycles. The predicted molar refractivity (Wildman–Crippen MR) is 92.0 cm³/mol. The molecule has 2 nitrogen and oxygen atoms in total. The maximum Gasteiger partial charge on any atom is 0.122 e. The molecular weight excluding hydrogens is 326 g/mol. The van der Waals surface area contributed by atoms with Crippen LogP contribution in [-0.4, -0.2) is 19.7 Å². The first kappa shape index (κ1) is 16.1. The monoisotopic (exact) mass is 347 g/mol. The van der Waals surface area contributed by atoms with E-state index in [4.69, 9.17) is 4.74 Å². The van der Waals surface area contributed by atoms with Crippen molar-refractivity contribution in [1.82, 2.24) is 5.32 Å². The number of benzene rings is 2. The molecule has 2 rings (SSSR count). The van der Waals surface area contributed by atoms with E-state index in [2.05, 4.69) is 64.6 Å². The number of likely N-dealkylation sites (N-methyl/N-ethyl adjacent to an activating group) is 1. The number of ether oxygens (including phenoxy) is 1. The molecule has 0 amide bonds. The Balaban J connectivity index is 2.14. The summed E-state index contributed by atoms with van der Waals surface area (Å²) in [5.41, 5.74) is 2.59. The van der Waals surface area contributed by atoms with Gasteiger partial charge in [-0.3, -0.25) is 0 Å². The van der Waals surface area contributed by atoms with E-state index in [0.717, 1.165) is 29.6 Å². The molecule has 3 heteroatoms. The van der Waals surface area contributed by atoms with Gasteiger partial charge in [-0.05, 0) is 48.7 Å². The zero-order chi connectivity index (χ0) is 15.1. The number of halogens is 1. The standard InChI is InChI=1S/C18H22BrNO/c1-3-20-17(11-14-7-5-4-6-8-14)13-15-12-16(19)9-10-18(15)21-2/h4-10,12,17,20H,3,11,13H2,1-2H3. The second-order valence-corrected chi connectivity index (χ2v) is 6.02. The van der Waals surface area contributed by atoms with Gasteiger partial charge in [0.25, 0.3) is 0 Å². The van der Waals surface area contributed by atoms with Crippen LogP contribution in [0.5, 0.6) is 5.75 Å². The Morgan fingerprint density at radius 2 is 1.86 bits per heavy atom. The summed E-state index contributed by atoms with van der Waals surface area (Å²) in [7, 11) is 1.73. The SMILES string of the molecule is CCNC(Cc1ccccc1)Cc1cc(Br)ccc1OC. The summed E-state index contributed by atoms with van der Waals surface area (Å²) in [4.78, 5) is 0. The molecule has 0 aliphatic heterocycles. The van der Waals surface area contributed by atoms with Gasteiger partial charge in [0.2, 0.25) is 0 Å². The van der Waals surface area contributed by atoms with Crippen LogP contribution in [0.15, 0.2) is 53.0 Å². The highest BCUT2D eigenvalue weighted by Gasteiger charge is 2.13. The molecule has 0 saturated carbocycles.